The number of benzene rings is 8. The largest absolute Gasteiger partial charge is 0.277 e. The van der Waals surface area contributed by atoms with Crippen molar-refractivity contribution in [3.8, 4) is 50.5 Å². The number of pyridine rings is 1. The number of imidazole rings is 1. The van der Waals surface area contributed by atoms with Crippen LogP contribution in [0.5, 0.6) is 0 Å². The Balaban J connectivity index is 1.24. The van der Waals surface area contributed by atoms with Gasteiger partial charge in [-0.25, -0.2) is 9.97 Å². The molecule has 10 rings (SSSR count). The zero-order valence-corrected chi connectivity index (χ0v) is 27.7. The van der Waals surface area contributed by atoms with E-state index in [0.29, 0.717) is 0 Å². The highest BCUT2D eigenvalue weighted by Crippen LogP contribution is 2.38. The van der Waals surface area contributed by atoms with Gasteiger partial charge in [-0.05, 0) is 115 Å². The predicted molar refractivity (Wildman–Crippen MR) is 213 cm³/mol. The van der Waals surface area contributed by atoms with E-state index < -0.39 is 0 Å². The monoisotopic (exact) mass is 649 g/mol. The Morgan fingerprint density at radius 1 is 0.353 bits per heavy atom. The first-order valence-electron chi connectivity index (χ1n) is 17.3. The van der Waals surface area contributed by atoms with Crippen molar-refractivity contribution in [1.29, 1.82) is 0 Å². The molecule has 0 spiro atoms. The third kappa shape index (κ3) is 5.15. The summed E-state index contributed by atoms with van der Waals surface area (Å²) in [6.07, 6.45) is 1.91. The molecule has 0 unspecified atom stereocenters. The van der Waals surface area contributed by atoms with E-state index in [2.05, 4.69) is 187 Å². The molecule has 0 fully saturated rings. The second-order valence-electron chi connectivity index (χ2n) is 13.1. The average Bonchev–Trinajstić information content (AvgIpc) is 3.60. The van der Waals surface area contributed by atoms with Gasteiger partial charge in [-0.2, -0.15) is 0 Å². The van der Waals surface area contributed by atoms with Gasteiger partial charge < -0.3 is 0 Å². The Kier molecular flexibility index (Phi) is 6.81. The highest BCUT2D eigenvalue weighted by Gasteiger charge is 2.20. The van der Waals surface area contributed by atoms with Crippen LogP contribution >= 0.6 is 0 Å². The smallest absolute Gasteiger partial charge is 0.165 e. The maximum absolute atomic E-state index is 5.49. The van der Waals surface area contributed by atoms with Crippen LogP contribution in [-0.4, -0.2) is 14.5 Å². The fraction of sp³-hybridized carbons (Fsp3) is 0. The van der Waals surface area contributed by atoms with Gasteiger partial charge in [0.1, 0.15) is 11.3 Å². The molecule has 0 aliphatic carbocycles. The standard InChI is InChI=1S/C48H31N3/c1-2-16-44(17-3-1)51-47(50-46-45(24-25-49-48(46)51)40-23-20-34-12-6-9-15-37(34)28-40)43-30-41(38-21-18-32-10-4-7-13-35(32)26-38)29-42(31-43)39-22-19-33-11-5-8-14-36(33)27-39/h1-31H. The minimum absolute atomic E-state index is 0.824. The van der Waals surface area contributed by atoms with Crippen LogP contribution in [0.15, 0.2) is 188 Å². The maximum atomic E-state index is 5.49. The predicted octanol–water partition coefficient (Wildman–Crippen LogP) is 12.5. The summed E-state index contributed by atoms with van der Waals surface area (Å²) in [5.74, 6) is 0.849. The second kappa shape index (κ2) is 11.9. The second-order valence-corrected chi connectivity index (χ2v) is 13.1. The number of hydrogen-bond donors (Lipinski definition) is 0. The lowest BCUT2D eigenvalue weighted by atomic mass is 9.93. The Hall–Kier alpha value is -6.84. The Labute approximate surface area is 295 Å². The third-order valence-corrected chi connectivity index (χ3v) is 9.98. The first kappa shape index (κ1) is 29.1. The number of fused-ring (bicyclic) bond motifs is 4. The number of nitrogens with zero attached hydrogens (tertiary/aromatic N) is 3. The molecule has 51 heavy (non-hydrogen) atoms. The van der Waals surface area contributed by atoms with Crippen molar-refractivity contribution in [2.24, 2.45) is 0 Å². The van der Waals surface area contributed by atoms with Gasteiger partial charge >= 0.3 is 0 Å². The highest BCUT2D eigenvalue weighted by atomic mass is 15.1. The number of rotatable bonds is 5. The summed E-state index contributed by atoms with van der Waals surface area (Å²) in [6, 6.07) is 65.1. The van der Waals surface area contributed by atoms with Crippen LogP contribution in [0.4, 0.5) is 0 Å². The van der Waals surface area contributed by atoms with E-state index in [1.807, 2.05) is 6.20 Å². The fourth-order valence-corrected chi connectivity index (χ4v) is 7.41. The van der Waals surface area contributed by atoms with Crippen LogP contribution in [0.2, 0.25) is 0 Å². The number of aromatic nitrogens is 3. The number of hydrogen-bond acceptors (Lipinski definition) is 2. The molecular formula is C48H31N3. The van der Waals surface area contributed by atoms with Crippen LogP contribution in [-0.2, 0) is 0 Å². The lowest BCUT2D eigenvalue weighted by molar-refractivity contribution is 1.08. The van der Waals surface area contributed by atoms with Gasteiger partial charge in [0.05, 0.1) is 0 Å². The molecule has 10 aromatic rings. The molecule has 0 radical (unpaired) electrons. The Morgan fingerprint density at radius 3 is 1.39 bits per heavy atom. The van der Waals surface area contributed by atoms with Gasteiger partial charge in [-0.1, -0.05) is 127 Å². The zero-order valence-electron chi connectivity index (χ0n) is 27.7. The van der Waals surface area contributed by atoms with Crippen molar-refractivity contribution in [1.82, 2.24) is 14.5 Å². The summed E-state index contributed by atoms with van der Waals surface area (Å²) in [4.78, 5) is 10.5. The summed E-state index contributed by atoms with van der Waals surface area (Å²) < 4.78 is 2.21. The normalized spacial score (nSPS) is 11.5. The molecule has 2 heterocycles. The molecule has 3 nitrogen and oxygen atoms in total. The summed E-state index contributed by atoms with van der Waals surface area (Å²) >= 11 is 0. The van der Waals surface area contributed by atoms with Crippen LogP contribution in [0.25, 0.3) is 93.9 Å². The van der Waals surface area contributed by atoms with Crippen molar-refractivity contribution < 1.29 is 0 Å². The molecule has 0 bridgehead atoms. The lowest BCUT2D eigenvalue weighted by Gasteiger charge is -2.14. The highest BCUT2D eigenvalue weighted by molar-refractivity contribution is 5.97. The van der Waals surface area contributed by atoms with Gasteiger partial charge in [-0.15, -0.1) is 0 Å². The minimum atomic E-state index is 0.824. The third-order valence-electron chi connectivity index (χ3n) is 9.98. The molecule has 0 aliphatic rings. The van der Waals surface area contributed by atoms with Crippen molar-refractivity contribution in [3.63, 3.8) is 0 Å². The first-order chi connectivity index (χ1) is 25.2. The molecule has 0 aliphatic heterocycles. The van der Waals surface area contributed by atoms with Crippen LogP contribution < -0.4 is 0 Å². The SMILES string of the molecule is c1ccc(-n2c(-c3cc(-c4ccc5ccccc5c4)cc(-c4ccc5ccccc5c4)c3)nc3c(-c4ccc5ccccc5c4)ccnc32)cc1. The quantitative estimate of drug-likeness (QED) is 0.186. The van der Waals surface area contributed by atoms with Gasteiger partial charge in [0.2, 0.25) is 0 Å². The number of para-hydroxylation sites is 1. The van der Waals surface area contributed by atoms with Crippen molar-refractivity contribution in [3.05, 3.63) is 188 Å². The van der Waals surface area contributed by atoms with E-state index in [-0.39, 0.29) is 0 Å². The van der Waals surface area contributed by atoms with Crippen LogP contribution in [0.1, 0.15) is 0 Å². The van der Waals surface area contributed by atoms with Gasteiger partial charge in [0.25, 0.3) is 0 Å². The van der Waals surface area contributed by atoms with Crippen molar-refractivity contribution >= 4 is 43.5 Å². The van der Waals surface area contributed by atoms with E-state index in [1.54, 1.807) is 0 Å². The molecule has 3 heteroatoms. The van der Waals surface area contributed by atoms with E-state index in [4.69, 9.17) is 9.97 Å². The Morgan fingerprint density at radius 2 is 0.824 bits per heavy atom. The molecule has 0 atom stereocenters. The van der Waals surface area contributed by atoms with Crippen molar-refractivity contribution in [2.75, 3.05) is 0 Å². The summed E-state index contributed by atoms with van der Waals surface area (Å²) in [5.41, 5.74) is 10.5. The molecule has 0 saturated carbocycles. The molecule has 238 valence electrons. The maximum Gasteiger partial charge on any atom is 0.165 e. The Bertz CT molecular complexity index is 2820. The molecule has 8 aromatic carbocycles. The summed E-state index contributed by atoms with van der Waals surface area (Å²) in [6.45, 7) is 0. The molecule has 0 N–H and O–H groups in total. The van der Waals surface area contributed by atoms with Gasteiger partial charge in [0, 0.05) is 23.0 Å². The van der Waals surface area contributed by atoms with Crippen molar-refractivity contribution in [2.45, 2.75) is 0 Å². The van der Waals surface area contributed by atoms with Crippen LogP contribution in [0, 0.1) is 0 Å². The average molecular weight is 650 g/mol. The first-order valence-corrected chi connectivity index (χ1v) is 17.3. The summed E-state index contributed by atoms with van der Waals surface area (Å²) in [7, 11) is 0. The van der Waals surface area contributed by atoms with Gasteiger partial charge in [-0.3, -0.25) is 4.57 Å². The van der Waals surface area contributed by atoms with Gasteiger partial charge in [0.15, 0.2) is 5.65 Å². The fourth-order valence-electron chi connectivity index (χ4n) is 7.41. The molecule has 0 saturated heterocycles. The van der Waals surface area contributed by atoms with E-state index in [0.717, 1.165) is 61.6 Å². The molecule has 0 amide bonds. The lowest BCUT2D eigenvalue weighted by Crippen LogP contribution is -1.99. The van der Waals surface area contributed by atoms with E-state index in [9.17, 15) is 0 Å². The molecule has 2 aromatic heterocycles. The zero-order chi connectivity index (χ0) is 33.7. The minimum Gasteiger partial charge on any atom is -0.277 e. The van der Waals surface area contributed by atoms with E-state index >= 15 is 0 Å². The molecular weight excluding hydrogens is 619 g/mol. The van der Waals surface area contributed by atoms with Crippen LogP contribution in [0.3, 0.4) is 0 Å². The summed E-state index contributed by atoms with van der Waals surface area (Å²) in [5, 5.41) is 7.30. The topological polar surface area (TPSA) is 30.7 Å². The van der Waals surface area contributed by atoms with E-state index in [1.165, 1.54) is 32.3 Å².